The van der Waals surface area contributed by atoms with E-state index in [0.29, 0.717) is 5.92 Å². The Morgan fingerprint density at radius 1 is 1.07 bits per heavy atom. The van der Waals surface area contributed by atoms with Crippen LogP contribution in [0.4, 0.5) is 0 Å². The fourth-order valence-electron chi connectivity index (χ4n) is 5.05. The van der Waals surface area contributed by atoms with Crippen molar-refractivity contribution in [1.29, 1.82) is 0 Å². The number of likely N-dealkylation sites (tertiary alicyclic amines) is 1. The van der Waals surface area contributed by atoms with Crippen molar-refractivity contribution in [2.24, 2.45) is 11.3 Å². The molecule has 28 heavy (non-hydrogen) atoms. The van der Waals surface area contributed by atoms with E-state index in [1.165, 1.54) is 18.2 Å². The summed E-state index contributed by atoms with van der Waals surface area (Å²) in [6, 6.07) is 21.5. The standard InChI is InChI=1S/C25H29NO2/c1-28-24(27)23-14-8-9-15-25(23)16-17-26(19-25)18-22(20-10-4-2-5-11-20)21-12-6-3-7-13-21/h2-8,10-14,22-23H,9,15-19H2,1H3/t23-,25-/m0/s1. The van der Waals surface area contributed by atoms with Gasteiger partial charge in [0.25, 0.3) is 0 Å². The lowest BCUT2D eigenvalue weighted by Gasteiger charge is -2.37. The van der Waals surface area contributed by atoms with Gasteiger partial charge in [0.2, 0.25) is 0 Å². The Kier molecular flexibility index (Phi) is 5.63. The average molecular weight is 376 g/mol. The minimum atomic E-state index is -0.108. The number of hydrogen-bond acceptors (Lipinski definition) is 3. The van der Waals surface area contributed by atoms with Gasteiger partial charge in [-0.2, -0.15) is 0 Å². The van der Waals surface area contributed by atoms with Crippen molar-refractivity contribution in [2.75, 3.05) is 26.7 Å². The summed E-state index contributed by atoms with van der Waals surface area (Å²) in [5, 5.41) is 0. The van der Waals surface area contributed by atoms with Crippen molar-refractivity contribution in [2.45, 2.75) is 25.2 Å². The lowest BCUT2D eigenvalue weighted by atomic mass is 9.68. The normalized spacial score (nSPS) is 24.7. The number of ether oxygens (including phenoxy) is 1. The van der Waals surface area contributed by atoms with Crippen molar-refractivity contribution in [3.05, 3.63) is 83.9 Å². The van der Waals surface area contributed by atoms with Crippen LogP contribution >= 0.6 is 0 Å². The van der Waals surface area contributed by atoms with E-state index in [9.17, 15) is 4.79 Å². The molecular formula is C25H29NO2. The van der Waals surface area contributed by atoms with Gasteiger partial charge < -0.3 is 9.64 Å². The number of rotatable bonds is 5. The molecule has 2 aromatic carbocycles. The van der Waals surface area contributed by atoms with Crippen LogP contribution in [0, 0.1) is 11.3 Å². The van der Waals surface area contributed by atoms with Crippen LogP contribution in [0.5, 0.6) is 0 Å². The highest BCUT2D eigenvalue weighted by molar-refractivity contribution is 5.75. The zero-order chi connectivity index (χ0) is 19.4. The first-order chi connectivity index (χ1) is 13.7. The molecule has 0 radical (unpaired) electrons. The Hall–Kier alpha value is -2.39. The Labute approximate surface area is 168 Å². The van der Waals surface area contributed by atoms with Crippen LogP contribution in [0.1, 0.15) is 36.3 Å². The average Bonchev–Trinajstić information content (AvgIpc) is 3.15. The van der Waals surface area contributed by atoms with Gasteiger partial charge in [0.15, 0.2) is 0 Å². The zero-order valence-electron chi connectivity index (χ0n) is 16.6. The highest BCUT2D eigenvalue weighted by atomic mass is 16.5. The van der Waals surface area contributed by atoms with Crippen molar-refractivity contribution in [3.8, 4) is 0 Å². The smallest absolute Gasteiger partial charge is 0.313 e. The summed E-state index contributed by atoms with van der Waals surface area (Å²) in [4.78, 5) is 15.0. The molecule has 0 unspecified atom stereocenters. The fraction of sp³-hybridized carbons (Fsp3) is 0.400. The highest BCUT2D eigenvalue weighted by Crippen LogP contribution is 2.46. The third kappa shape index (κ3) is 3.77. The predicted molar refractivity (Wildman–Crippen MR) is 112 cm³/mol. The largest absolute Gasteiger partial charge is 0.469 e. The summed E-state index contributed by atoms with van der Waals surface area (Å²) in [5.74, 6) is 0.150. The third-order valence-electron chi connectivity index (χ3n) is 6.56. The molecule has 0 saturated carbocycles. The minimum absolute atomic E-state index is 0.0275. The first kappa shape index (κ1) is 18.9. The van der Waals surface area contributed by atoms with Gasteiger partial charge in [0.05, 0.1) is 13.0 Å². The maximum atomic E-state index is 12.4. The number of nitrogens with zero attached hydrogens (tertiary/aromatic N) is 1. The van der Waals surface area contributed by atoms with Crippen LogP contribution in [0.3, 0.4) is 0 Å². The van der Waals surface area contributed by atoms with Crippen LogP contribution in [0.2, 0.25) is 0 Å². The van der Waals surface area contributed by atoms with Gasteiger partial charge in [0.1, 0.15) is 0 Å². The van der Waals surface area contributed by atoms with E-state index >= 15 is 0 Å². The van der Waals surface area contributed by atoms with E-state index in [-0.39, 0.29) is 17.3 Å². The van der Waals surface area contributed by atoms with Crippen LogP contribution in [-0.4, -0.2) is 37.6 Å². The zero-order valence-corrected chi connectivity index (χ0v) is 16.6. The van der Waals surface area contributed by atoms with E-state index in [4.69, 9.17) is 4.74 Å². The predicted octanol–water partition coefficient (Wildman–Crippen LogP) is 4.65. The number of allylic oxidation sites excluding steroid dienone is 1. The van der Waals surface area contributed by atoms with Crippen LogP contribution in [-0.2, 0) is 9.53 Å². The van der Waals surface area contributed by atoms with Gasteiger partial charge >= 0.3 is 5.97 Å². The van der Waals surface area contributed by atoms with Gasteiger partial charge in [-0.15, -0.1) is 0 Å². The number of esters is 1. The Morgan fingerprint density at radius 3 is 2.32 bits per heavy atom. The van der Waals surface area contributed by atoms with Gasteiger partial charge in [0, 0.05) is 24.4 Å². The van der Waals surface area contributed by atoms with Gasteiger partial charge in [-0.1, -0.05) is 72.8 Å². The molecule has 0 aromatic heterocycles. The Morgan fingerprint density at radius 2 is 1.71 bits per heavy atom. The first-order valence-electron chi connectivity index (χ1n) is 10.3. The summed E-state index contributed by atoms with van der Waals surface area (Å²) < 4.78 is 5.12. The molecule has 1 aliphatic heterocycles. The van der Waals surface area contributed by atoms with Crippen LogP contribution in [0.25, 0.3) is 0 Å². The molecule has 1 fully saturated rings. The highest BCUT2D eigenvalue weighted by Gasteiger charge is 2.47. The number of carbonyl (C=O) groups is 1. The lowest BCUT2D eigenvalue weighted by molar-refractivity contribution is -0.148. The van der Waals surface area contributed by atoms with Crippen LogP contribution in [0.15, 0.2) is 72.8 Å². The fourth-order valence-corrected chi connectivity index (χ4v) is 5.05. The molecule has 1 aliphatic carbocycles. The molecule has 2 aliphatic rings. The quantitative estimate of drug-likeness (QED) is 0.563. The lowest BCUT2D eigenvalue weighted by Crippen LogP contribution is -2.40. The van der Waals surface area contributed by atoms with Crippen molar-refractivity contribution < 1.29 is 9.53 Å². The van der Waals surface area contributed by atoms with E-state index in [1.807, 2.05) is 0 Å². The summed E-state index contributed by atoms with van der Waals surface area (Å²) in [5.41, 5.74) is 2.73. The van der Waals surface area contributed by atoms with Crippen molar-refractivity contribution in [1.82, 2.24) is 4.90 Å². The van der Waals surface area contributed by atoms with E-state index in [1.54, 1.807) is 0 Å². The first-order valence-corrected chi connectivity index (χ1v) is 10.3. The summed E-state index contributed by atoms with van der Waals surface area (Å²) in [7, 11) is 1.51. The molecule has 4 rings (SSSR count). The molecule has 1 spiro atoms. The topological polar surface area (TPSA) is 29.5 Å². The van der Waals surface area contributed by atoms with Gasteiger partial charge in [-0.3, -0.25) is 4.79 Å². The molecule has 146 valence electrons. The Bertz CT molecular complexity index is 777. The molecule has 0 amide bonds. The summed E-state index contributed by atoms with van der Waals surface area (Å²) in [6.45, 7) is 2.98. The molecule has 1 heterocycles. The molecule has 3 nitrogen and oxygen atoms in total. The number of carbonyl (C=O) groups excluding carboxylic acids is 1. The van der Waals surface area contributed by atoms with E-state index in [2.05, 4.69) is 77.7 Å². The number of benzene rings is 2. The summed E-state index contributed by atoms with van der Waals surface area (Å²) in [6.07, 6.45) is 7.42. The second-order valence-corrected chi connectivity index (χ2v) is 8.19. The minimum Gasteiger partial charge on any atom is -0.469 e. The maximum absolute atomic E-state index is 12.4. The molecule has 2 aromatic rings. The molecule has 0 N–H and O–H groups in total. The molecule has 1 saturated heterocycles. The second-order valence-electron chi connectivity index (χ2n) is 8.19. The SMILES string of the molecule is COC(=O)[C@@H]1C=CCC[C@@]12CCN(CC(c1ccccc1)c1ccccc1)C2. The van der Waals surface area contributed by atoms with Gasteiger partial charge in [-0.25, -0.2) is 0 Å². The van der Waals surface area contributed by atoms with E-state index < -0.39 is 0 Å². The molecule has 3 heteroatoms. The number of methoxy groups -OCH3 is 1. The number of hydrogen-bond donors (Lipinski definition) is 0. The van der Waals surface area contributed by atoms with E-state index in [0.717, 1.165) is 38.9 Å². The summed E-state index contributed by atoms with van der Waals surface area (Å²) >= 11 is 0. The van der Waals surface area contributed by atoms with Crippen molar-refractivity contribution >= 4 is 5.97 Å². The third-order valence-corrected chi connectivity index (χ3v) is 6.56. The molecule has 2 atom stereocenters. The Balaban J connectivity index is 1.56. The van der Waals surface area contributed by atoms with Crippen molar-refractivity contribution in [3.63, 3.8) is 0 Å². The molecule has 0 bridgehead atoms. The van der Waals surface area contributed by atoms with Crippen LogP contribution < -0.4 is 0 Å². The molecular weight excluding hydrogens is 346 g/mol. The second kappa shape index (κ2) is 8.32. The van der Waals surface area contributed by atoms with Gasteiger partial charge in [-0.05, 0) is 36.9 Å². The maximum Gasteiger partial charge on any atom is 0.313 e. The monoisotopic (exact) mass is 375 g/mol.